The summed E-state index contributed by atoms with van der Waals surface area (Å²) in [5, 5.41) is 3.95. The average Bonchev–Trinajstić information content (AvgIpc) is 2.45. The van der Waals surface area contributed by atoms with E-state index in [-0.39, 0.29) is 0 Å². The standard InChI is InChI=1S/C15H25ClN4/c1-12(2)3-6-20-7-4-13(5-8-20)9-18-15-14(16)10-17-11-19-15/h10-13H,3-9H2,1-2H3,(H,17,18,19). The fraction of sp³-hybridized carbons (Fsp3) is 0.733. The van der Waals surface area contributed by atoms with E-state index in [1.807, 2.05) is 0 Å². The summed E-state index contributed by atoms with van der Waals surface area (Å²) in [4.78, 5) is 10.6. The van der Waals surface area contributed by atoms with E-state index in [2.05, 4.69) is 34.0 Å². The van der Waals surface area contributed by atoms with E-state index in [0.717, 1.165) is 24.2 Å². The minimum atomic E-state index is 0.599. The van der Waals surface area contributed by atoms with Crippen molar-refractivity contribution >= 4 is 17.4 Å². The monoisotopic (exact) mass is 296 g/mol. The van der Waals surface area contributed by atoms with Crippen molar-refractivity contribution in [1.82, 2.24) is 14.9 Å². The van der Waals surface area contributed by atoms with Gasteiger partial charge in [0.05, 0.1) is 6.20 Å². The van der Waals surface area contributed by atoms with Gasteiger partial charge in [0.15, 0.2) is 0 Å². The highest BCUT2D eigenvalue weighted by Crippen LogP contribution is 2.21. The van der Waals surface area contributed by atoms with Gasteiger partial charge in [-0.25, -0.2) is 9.97 Å². The van der Waals surface area contributed by atoms with E-state index in [9.17, 15) is 0 Å². The van der Waals surface area contributed by atoms with Crippen LogP contribution < -0.4 is 5.32 Å². The van der Waals surface area contributed by atoms with E-state index in [0.29, 0.717) is 5.02 Å². The number of aromatic nitrogens is 2. The molecular formula is C15H25ClN4. The lowest BCUT2D eigenvalue weighted by Gasteiger charge is -2.32. The fourth-order valence-corrected chi connectivity index (χ4v) is 2.71. The van der Waals surface area contributed by atoms with Gasteiger partial charge in [-0.15, -0.1) is 0 Å². The summed E-state index contributed by atoms with van der Waals surface area (Å²) in [7, 11) is 0. The zero-order chi connectivity index (χ0) is 14.4. The average molecular weight is 297 g/mol. The summed E-state index contributed by atoms with van der Waals surface area (Å²) < 4.78 is 0. The highest BCUT2D eigenvalue weighted by Gasteiger charge is 2.19. The molecule has 0 radical (unpaired) electrons. The van der Waals surface area contributed by atoms with E-state index >= 15 is 0 Å². The van der Waals surface area contributed by atoms with Crippen LogP contribution in [-0.4, -0.2) is 41.0 Å². The fourth-order valence-electron chi connectivity index (χ4n) is 2.54. The first kappa shape index (κ1) is 15.5. The van der Waals surface area contributed by atoms with E-state index in [4.69, 9.17) is 11.6 Å². The third-order valence-electron chi connectivity index (χ3n) is 3.96. The zero-order valence-corrected chi connectivity index (χ0v) is 13.2. The largest absolute Gasteiger partial charge is 0.368 e. The number of piperidine rings is 1. The maximum absolute atomic E-state index is 6.04. The van der Waals surface area contributed by atoms with Crippen LogP contribution in [0.25, 0.3) is 0 Å². The number of hydrogen-bond acceptors (Lipinski definition) is 4. The number of anilines is 1. The van der Waals surface area contributed by atoms with Crippen molar-refractivity contribution in [2.24, 2.45) is 11.8 Å². The molecule has 0 aromatic carbocycles. The van der Waals surface area contributed by atoms with E-state index in [1.165, 1.54) is 45.2 Å². The molecule has 1 saturated heterocycles. The molecule has 1 aromatic rings. The summed E-state index contributed by atoms with van der Waals surface area (Å²) in [6.07, 6.45) is 6.98. The number of likely N-dealkylation sites (tertiary alicyclic amines) is 1. The van der Waals surface area contributed by atoms with Crippen molar-refractivity contribution in [2.45, 2.75) is 33.1 Å². The predicted octanol–water partition coefficient (Wildman–Crippen LogP) is 3.30. The van der Waals surface area contributed by atoms with Gasteiger partial charge in [-0.3, -0.25) is 0 Å². The van der Waals surface area contributed by atoms with Crippen molar-refractivity contribution in [2.75, 3.05) is 31.5 Å². The van der Waals surface area contributed by atoms with Gasteiger partial charge >= 0.3 is 0 Å². The molecule has 5 heteroatoms. The summed E-state index contributed by atoms with van der Waals surface area (Å²) in [5.41, 5.74) is 0. The lowest BCUT2D eigenvalue weighted by molar-refractivity contribution is 0.181. The van der Waals surface area contributed by atoms with E-state index < -0.39 is 0 Å². The van der Waals surface area contributed by atoms with Crippen molar-refractivity contribution in [1.29, 1.82) is 0 Å². The SMILES string of the molecule is CC(C)CCN1CCC(CNc2ncncc2Cl)CC1. The molecule has 0 unspecified atom stereocenters. The molecule has 112 valence electrons. The lowest BCUT2D eigenvalue weighted by atomic mass is 9.96. The molecule has 20 heavy (non-hydrogen) atoms. The van der Waals surface area contributed by atoms with Gasteiger partial charge in [-0.1, -0.05) is 25.4 Å². The first-order valence-corrected chi connectivity index (χ1v) is 7.94. The normalized spacial score (nSPS) is 17.6. The van der Waals surface area contributed by atoms with Crippen LogP contribution in [0.1, 0.15) is 33.1 Å². The van der Waals surface area contributed by atoms with Crippen LogP contribution >= 0.6 is 11.6 Å². The smallest absolute Gasteiger partial charge is 0.148 e. The molecule has 0 saturated carbocycles. The van der Waals surface area contributed by atoms with Crippen LogP contribution in [0.2, 0.25) is 5.02 Å². The minimum Gasteiger partial charge on any atom is -0.368 e. The molecule has 1 aliphatic heterocycles. The number of nitrogens with one attached hydrogen (secondary N) is 1. The Bertz CT molecular complexity index is 403. The van der Waals surface area contributed by atoms with Gasteiger partial charge in [0, 0.05) is 6.54 Å². The second kappa shape index (κ2) is 7.79. The second-order valence-corrected chi connectivity index (χ2v) is 6.47. The second-order valence-electron chi connectivity index (χ2n) is 6.07. The third-order valence-corrected chi connectivity index (χ3v) is 4.23. The van der Waals surface area contributed by atoms with Crippen LogP contribution in [0.5, 0.6) is 0 Å². The number of nitrogens with zero attached hydrogens (tertiary/aromatic N) is 3. The Hall–Kier alpha value is -0.870. The first-order chi connectivity index (χ1) is 9.65. The first-order valence-electron chi connectivity index (χ1n) is 7.57. The van der Waals surface area contributed by atoms with Crippen LogP contribution in [-0.2, 0) is 0 Å². The van der Waals surface area contributed by atoms with Crippen LogP contribution in [0.15, 0.2) is 12.5 Å². The van der Waals surface area contributed by atoms with Crippen molar-refractivity contribution in [3.8, 4) is 0 Å². The van der Waals surface area contributed by atoms with Gasteiger partial charge in [0.2, 0.25) is 0 Å². The molecule has 4 nitrogen and oxygen atoms in total. The van der Waals surface area contributed by atoms with Gasteiger partial charge in [-0.2, -0.15) is 0 Å². The van der Waals surface area contributed by atoms with Crippen LogP contribution in [0, 0.1) is 11.8 Å². The summed E-state index contributed by atoms with van der Waals surface area (Å²) in [6.45, 7) is 9.22. The van der Waals surface area contributed by atoms with Crippen LogP contribution in [0.4, 0.5) is 5.82 Å². The van der Waals surface area contributed by atoms with Crippen LogP contribution in [0.3, 0.4) is 0 Å². The Labute approximate surface area is 126 Å². The molecule has 1 N–H and O–H groups in total. The Morgan fingerprint density at radius 1 is 1.40 bits per heavy atom. The topological polar surface area (TPSA) is 41.0 Å². The van der Waals surface area contributed by atoms with Gasteiger partial charge in [-0.05, 0) is 50.7 Å². The Morgan fingerprint density at radius 3 is 2.80 bits per heavy atom. The number of hydrogen-bond donors (Lipinski definition) is 1. The summed E-state index contributed by atoms with van der Waals surface area (Å²) in [5.74, 6) is 2.27. The molecule has 1 aromatic heterocycles. The number of halogens is 1. The van der Waals surface area contributed by atoms with Gasteiger partial charge in [0.25, 0.3) is 0 Å². The van der Waals surface area contributed by atoms with Crippen molar-refractivity contribution < 1.29 is 0 Å². The molecule has 1 aliphatic rings. The van der Waals surface area contributed by atoms with Crippen molar-refractivity contribution in [3.05, 3.63) is 17.5 Å². The highest BCUT2D eigenvalue weighted by atomic mass is 35.5. The molecule has 2 rings (SSSR count). The van der Waals surface area contributed by atoms with Gasteiger partial charge < -0.3 is 10.2 Å². The Balaban J connectivity index is 1.68. The maximum Gasteiger partial charge on any atom is 0.148 e. The zero-order valence-electron chi connectivity index (χ0n) is 12.5. The molecular weight excluding hydrogens is 272 g/mol. The molecule has 0 atom stereocenters. The Morgan fingerprint density at radius 2 is 2.15 bits per heavy atom. The molecule has 0 spiro atoms. The number of rotatable bonds is 6. The molecule has 0 aliphatic carbocycles. The summed E-state index contributed by atoms with van der Waals surface area (Å²) >= 11 is 6.04. The predicted molar refractivity (Wildman–Crippen MR) is 84.2 cm³/mol. The molecule has 1 fully saturated rings. The Kier molecular flexibility index (Phi) is 6.05. The maximum atomic E-state index is 6.04. The van der Waals surface area contributed by atoms with E-state index in [1.54, 1.807) is 6.20 Å². The summed E-state index contributed by atoms with van der Waals surface area (Å²) in [6, 6.07) is 0. The molecule has 0 bridgehead atoms. The minimum absolute atomic E-state index is 0.599. The molecule has 2 heterocycles. The van der Waals surface area contributed by atoms with Gasteiger partial charge in [0.1, 0.15) is 17.2 Å². The third kappa shape index (κ3) is 4.91. The quantitative estimate of drug-likeness (QED) is 0.874. The van der Waals surface area contributed by atoms with Crippen molar-refractivity contribution in [3.63, 3.8) is 0 Å². The highest BCUT2D eigenvalue weighted by molar-refractivity contribution is 6.32. The molecule has 0 amide bonds. The lowest BCUT2D eigenvalue weighted by Crippen LogP contribution is -2.36.